The van der Waals surface area contributed by atoms with Crippen molar-refractivity contribution in [3.63, 3.8) is 0 Å². The zero-order valence-corrected chi connectivity index (χ0v) is 17.8. The first kappa shape index (κ1) is 20.2. The quantitative estimate of drug-likeness (QED) is 0.572. The van der Waals surface area contributed by atoms with E-state index in [1.165, 1.54) is 85.9 Å². The summed E-state index contributed by atoms with van der Waals surface area (Å²) in [6.07, 6.45) is 15.5. The minimum atomic E-state index is 0.128. The fourth-order valence-corrected chi connectivity index (χ4v) is 4.88. The van der Waals surface area contributed by atoms with Crippen molar-refractivity contribution in [3.8, 4) is 0 Å². The van der Waals surface area contributed by atoms with E-state index in [0.717, 1.165) is 25.8 Å². The molecule has 2 aliphatic rings. The van der Waals surface area contributed by atoms with Crippen LogP contribution in [0, 0.1) is 0 Å². The summed E-state index contributed by atoms with van der Waals surface area (Å²) in [7, 11) is 0. The lowest BCUT2D eigenvalue weighted by atomic mass is 9.95. The van der Waals surface area contributed by atoms with Gasteiger partial charge in [0.1, 0.15) is 6.04 Å². The van der Waals surface area contributed by atoms with Crippen LogP contribution in [0.5, 0.6) is 0 Å². The molecule has 0 spiro atoms. The minimum Gasteiger partial charge on any atom is -0.374 e. The molecule has 1 heterocycles. The fraction of sp³-hybridized carbons (Fsp3) is 0.519. The zero-order valence-electron chi connectivity index (χ0n) is 17.8. The van der Waals surface area contributed by atoms with Crippen LogP contribution >= 0.6 is 0 Å². The highest BCUT2D eigenvalue weighted by atomic mass is 15.0. The van der Waals surface area contributed by atoms with Gasteiger partial charge in [-0.25, -0.2) is 0 Å². The molecule has 154 valence electrons. The van der Waals surface area contributed by atoms with E-state index in [9.17, 15) is 0 Å². The highest BCUT2D eigenvalue weighted by Crippen LogP contribution is 2.35. The van der Waals surface area contributed by atoms with Crippen LogP contribution in [0.1, 0.15) is 92.5 Å². The lowest BCUT2D eigenvalue weighted by Crippen LogP contribution is -2.25. The summed E-state index contributed by atoms with van der Waals surface area (Å²) in [5.41, 5.74) is 5.72. The molecule has 1 fully saturated rings. The number of benzene rings is 2. The summed E-state index contributed by atoms with van der Waals surface area (Å²) in [6, 6.07) is 18.0. The standard InChI is InChI=1S/C27H36N2/c1-2-4-6-8-18-26(28-21-13-7-5-3-1)29-27-24-16-11-9-14-22(24)19-20-23-15-10-12-17-25(23)27/h9-12,14-17,27H,1-8,13,18-21H2,(H,28,29). The van der Waals surface area contributed by atoms with Crippen molar-refractivity contribution >= 4 is 5.84 Å². The van der Waals surface area contributed by atoms with Gasteiger partial charge in [0.15, 0.2) is 0 Å². The molecule has 0 saturated carbocycles. The second-order valence-corrected chi connectivity index (χ2v) is 8.73. The van der Waals surface area contributed by atoms with Crippen molar-refractivity contribution in [1.82, 2.24) is 5.32 Å². The van der Waals surface area contributed by atoms with Crippen molar-refractivity contribution in [2.45, 2.75) is 83.1 Å². The molecule has 1 saturated heterocycles. The Bertz CT molecular complexity index is 744. The Morgan fingerprint density at radius 3 is 1.72 bits per heavy atom. The Morgan fingerprint density at radius 1 is 0.586 bits per heavy atom. The number of rotatable bonds is 1. The van der Waals surface area contributed by atoms with Crippen molar-refractivity contribution in [2.75, 3.05) is 6.54 Å². The topological polar surface area (TPSA) is 24.4 Å². The van der Waals surface area contributed by atoms with E-state index in [0.29, 0.717) is 0 Å². The molecule has 2 nitrogen and oxygen atoms in total. The summed E-state index contributed by atoms with van der Waals surface area (Å²) in [6.45, 7) is 1.06. The second kappa shape index (κ2) is 10.6. The first-order chi connectivity index (χ1) is 14.4. The van der Waals surface area contributed by atoms with Crippen LogP contribution in [0.3, 0.4) is 0 Å². The van der Waals surface area contributed by atoms with Gasteiger partial charge in [-0.1, -0.05) is 93.5 Å². The van der Waals surface area contributed by atoms with E-state index in [-0.39, 0.29) is 6.04 Å². The first-order valence-electron chi connectivity index (χ1n) is 11.9. The number of amidine groups is 1. The zero-order chi connectivity index (χ0) is 19.7. The van der Waals surface area contributed by atoms with Gasteiger partial charge in [0.05, 0.1) is 5.84 Å². The molecule has 1 aliphatic heterocycles. The van der Waals surface area contributed by atoms with Crippen LogP contribution < -0.4 is 5.32 Å². The largest absolute Gasteiger partial charge is 0.374 e. The van der Waals surface area contributed by atoms with Gasteiger partial charge in [-0.3, -0.25) is 4.99 Å². The summed E-state index contributed by atoms with van der Waals surface area (Å²) in [5.74, 6) is 1.22. The number of hydrogen-bond acceptors (Lipinski definition) is 1. The van der Waals surface area contributed by atoms with Gasteiger partial charge in [-0.2, -0.15) is 0 Å². The third-order valence-corrected chi connectivity index (χ3v) is 6.57. The highest BCUT2D eigenvalue weighted by molar-refractivity contribution is 5.82. The van der Waals surface area contributed by atoms with Crippen molar-refractivity contribution in [3.05, 3.63) is 70.8 Å². The van der Waals surface area contributed by atoms with Crippen molar-refractivity contribution < 1.29 is 0 Å². The lowest BCUT2D eigenvalue weighted by molar-refractivity contribution is 0.566. The predicted molar refractivity (Wildman–Crippen MR) is 124 cm³/mol. The third-order valence-electron chi connectivity index (χ3n) is 6.57. The predicted octanol–water partition coefficient (Wildman–Crippen LogP) is 6.78. The van der Waals surface area contributed by atoms with Crippen LogP contribution in [-0.4, -0.2) is 12.4 Å². The number of nitrogens with one attached hydrogen (secondary N) is 1. The van der Waals surface area contributed by atoms with E-state index in [1.807, 2.05) is 0 Å². The first-order valence-corrected chi connectivity index (χ1v) is 11.9. The Morgan fingerprint density at radius 2 is 1.10 bits per heavy atom. The summed E-state index contributed by atoms with van der Waals surface area (Å²) < 4.78 is 0. The molecule has 2 heteroatoms. The second-order valence-electron chi connectivity index (χ2n) is 8.73. The Balaban J connectivity index is 1.62. The number of nitrogens with zero attached hydrogens (tertiary/aromatic N) is 1. The van der Waals surface area contributed by atoms with Gasteiger partial charge in [0, 0.05) is 13.0 Å². The average Bonchev–Trinajstić information content (AvgIpc) is 2.89. The Hall–Kier alpha value is -2.09. The minimum absolute atomic E-state index is 0.128. The van der Waals surface area contributed by atoms with Crippen LogP contribution in [0.2, 0.25) is 0 Å². The molecule has 0 unspecified atom stereocenters. The SMILES string of the molecule is c1ccc2c(c1)CCc1ccccc1C2N=C1CCCCCCCCCCCN1. The number of hydrogen-bond donors (Lipinski definition) is 1. The van der Waals surface area contributed by atoms with E-state index >= 15 is 0 Å². The average molecular weight is 389 g/mol. The smallest absolute Gasteiger partial charge is 0.102 e. The Kier molecular flexibility index (Phi) is 7.39. The molecule has 29 heavy (non-hydrogen) atoms. The summed E-state index contributed by atoms with van der Waals surface area (Å²) in [4.78, 5) is 5.39. The fourth-order valence-electron chi connectivity index (χ4n) is 4.88. The van der Waals surface area contributed by atoms with Gasteiger partial charge in [-0.05, 0) is 47.9 Å². The summed E-state index contributed by atoms with van der Waals surface area (Å²) in [5, 5.41) is 3.74. The van der Waals surface area contributed by atoms with Crippen LogP contribution in [0.15, 0.2) is 53.5 Å². The van der Waals surface area contributed by atoms with Crippen LogP contribution in [0.4, 0.5) is 0 Å². The molecule has 2 aromatic carbocycles. The van der Waals surface area contributed by atoms with Crippen molar-refractivity contribution in [1.29, 1.82) is 0 Å². The summed E-state index contributed by atoms with van der Waals surface area (Å²) >= 11 is 0. The molecule has 0 atom stereocenters. The van der Waals surface area contributed by atoms with Gasteiger partial charge in [0.25, 0.3) is 0 Å². The molecule has 4 rings (SSSR count). The highest BCUT2D eigenvalue weighted by Gasteiger charge is 2.23. The molecule has 1 N–H and O–H groups in total. The van der Waals surface area contributed by atoms with E-state index in [1.54, 1.807) is 0 Å². The molecule has 0 radical (unpaired) electrons. The molecule has 0 amide bonds. The van der Waals surface area contributed by atoms with Crippen molar-refractivity contribution in [2.24, 2.45) is 4.99 Å². The molecule has 1 aliphatic carbocycles. The van der Waals surface area contributed by atoms with E-state index < -0.39 is 0 Å². The van der Waals surface area contributed by atoms with Crippen LogP contribution in [-0.2, 0) is 12.8 Å². The Labute approximate surface area is 176 Å². The number of aryl methyl sites for hydroxylation is 2. The monoisotopic (exact) mass is 388 g/mol. The number of fused-ring (bicyclic) bond motifs is 2. The molecule has 2 aromatic rings. The molecule has 0 aromatic heterocycles. The van der Waals surface area contributed by atoms with Gasteiger partial charge in [0.2, 0.25) is 0 Å². The molecular weight excluding hydrogens is 352 g/mol. The van der Waals surface area contributed by atoms with E-state index in [2.05, 4.69) is 53.8 Å². The maximum atomic E-state index is 5.39. The third kappa shape index (κ3) is 5.50. The lowest BCUT2D eigenvalue weighted by Gasteiger charge is -2.19. The maximum Gasteiger partial charge on any atom is 0.102 e. The van der Waals surface area contributed by atoms with E-state index in [4.69, 9.17) is 4.99 Å². The van der Waals surface area contributed by atoms with Gasteiger partial charge in [-0.15, -0.1) is 0 Å². The van der Waals surface area contributed by atoms with Gasteiger partial charge < -0.3 is 5.32 Å². The molecular formula is C27H36N2. The normalized spacial score (nSPS) is 20.9. The molecule has 0 bridgehead atoms. The maximum absolute atomic E-state index is 5.39. The number of aliphatic imine (C=N–C) groups is 1. The van der Waals surface area contributed by atoms with Crippen LogP contribution in [0.25, 0.3) is 0 Å². The van der Waals surface area contributed by atoms with Gasteiger partial charge >= 0.3 is 0 Å².